The molecule has 0 bridgehead atoms. The summed E-state index contributed by atoms with van der Waals surface area (Å²) in [5.41, 5.74) is 1.72. The third-order valence-electron chi connectivity index (χ3n) is 5.18. The molecule has 2 aromatic carbocycles. The Labute approximate surface area is 190 Å². The van der Waals surface area contributed by atoms with Gasteiger partial charge in [0.2, 0.25) is 0 Å². The molecule has 1 atom stereocenters. The highest BCUT2D eigenvalue weighted by Gasteiger charge is 2.20. The molecule has 5 rings (SSSR count). The molecule has 160 valence electrons. The van der Waals surface area contributed by atoms with Crippen LogP contribution in [-0.4, -0.2) is 24.5 Å². The first-order chi connectivity index (χ1) is 15.4. The Hall–Kier alpha value is -3.49. The lowest BCUT2D eigenvalue weighted by Gasteiger charge is -2.22. The van der Waals surface area contributed by atoms with E-state index in [1.165, 1.54) is 29.4 Å². The number of hydrogen-bond acceptors (Lipinski definition) is 5. The average molecular weight is 469 g/mol. The molecule has 7 nitrogen and oxygen atoms in total. The van der Waals surface area contributed by atoms with Crippen LogP contribution in [0.1, 0.15) is 18.7 Å². The van der Waals surface area contributed by atoms with Crippen molar-refractivity contribution in [1.82, 2.24) is 24.5 Å². The number of H-pyrrole nitrogens is 1. The summed E-state index contributed by atoms with van der Waals surface area (Å²) >= 11 is 12.6. The van der Waals surface area contributed by atoms with Crippen LogP contribution >= 0.6 is 23.2 Å². The maximum absolute atomic E-state index is 13.9. The molecule has 0 unspecified atom stereocenters. The Morgan fingerprint density at radius 3 is 2.78 bits per heavy atom. The van der Waals surface area contributed by atoms with Crippen LogP contribution in [0.5, 0.6) is 0 Å². The molecule has 0 spiro atoms. The summed E-state index contributed by atoms with van der Waals surface area (Å²) in [6.45, 7) is 1.88. The van der Waals surface area contributed by atoms with Crippen molar-refractivity contribution in [3.05, 3.63) is 87.0 Å². The van der Waals surface area contributed by atoms with Crippen LogP contribution in [0.2, 0.25) is 10.0 Å². The zero-order valence-corrected chi connectivity index (χ0v) is 18.1. The highest BCUT2D eigenvalue weighted by Crippen LogP contribution is 2.30. The minimum absolute atomic E-state index is 0.231. The monoisotopic (exact) mass is 468 g/mol. The summed E-state index contributed by atoms with van der Waals surface area (Å²) in [6.07, 6.45) is 2.93. The van der Waals surface area contributed by atoms with E-state index in [-0.39, 0.29) is 5.39 Å². The molecule has 0 amide bonds. The molecule has 5 aromatic rings. The molecule has 3 aromatic heterocycles. The van der Waals surface area contributed by atoms with Gasteiger partial charge in [-0.25, -0.2) is 19.3 Å². The zero-order valence-electron chi connectivity index (χ0n) is 16.6. The van der Waals surface area contributed by atoms with Crippen LogP contribution in [-0.2, 0) is 0 Å². The second kappa shape index (κ2) is 7.89. The Bertz CT molecular complexity index is 1550. The lowest BCUT2D eigenvalue weighted by atomic mass is 10.1. The number of aromatic amines is 1. The Morgan fingerprint density at radius 1 is 1.09 bits per heavy atom. The fraction of sp³-hybridized carbons (Fsp3) is 0.0909. The second-order valence-corrected chi connectivity index (χ2v) is 8.07. The van der Waals surface area contributed by atoms with Crippen molar-refractivity contribution in [1.29, 1.82) is 0 Å². The highest BCUT2D eigenvalue weighted by molar-refractivity contribution is 6.34. The van der Waals surface area contributed by atoms with Gasteiger partial charge in [0.05, 0.1) is 28.5 Å². The van der Waals surface area contributed by atoms with E-state index in [1.54, 1.807) is 24.3 Å². The van der Waals surface area contributed by atoms with Crippen molar-refractivity contribution in [2.45, 2.75) is 13.0 Å². The van der Waals surface area contributed by atoms with E-state index in [1.807, 2.05) is 13.0 Å². The molecule has 0 fully saturated rings. The molecule has 0 radical (unpaired) electrons. The van der Waals surface area contributed by atoms with Gasteiger partial charge in [0.25, 0.3) is 5.56 Å². The standard InChI is InChI=1S/C22H15Cl2FN6O/c1-11(30-21-19-20(27-9-26-19)28-10-29-21)17-6-12-2-4-14(25)8-15(12)22(32)31(17)18-7-13(23)3-5-16(18)24/h2-11H,1H3,(H2,26,27,28,29,30)/t11-/m1/s1. The van der Waals surface area contributed by atoms with E-state index in [0.717, 1.165) is 0 Å². The van der Waals surface area contributed by atoms with E-state index < -0.39 is 17.4 Å². The lowest BCUT2D eigenvalue weighted by molar-refractivity contribution is 0.629. The van der Waals surface area contributed by atoms with Crippen LogP contribution in [0, 0.1) is 5.82 Å². The van der Waals surface area contributed by atoms with E-state index in [2.05, 4.69) is 25.3 Å². The van der Waals surface area contributed by atoms with Gasteiger partial charge >= 0.3 is 0 Å². The highest BCUT2D eigenvalue weighted by atomic mass is 35.5. The number of anilines is 1. The van der Waals surface area contributed by atoms with Gasteiger partial charge < -0.3 is 10.3 Å². The Balaban J connectivity index is 1.74. The molecule has 0 aliphatic heterocycles. The van der Waals surface area contributed by atoms with Crippen LogP contribution in [0.3, 0.4) is 0 Å². The normalized spacial score (nSPS) is 12.4. The summed E-state index contributed by atoms with van der Waals surface area (Å²) in [5, 5.41) is 4.88. The van der Waals surface area contributed by atoms with Gasteiger partial charge in [-0.3, -0.25) is 9.36 Å². The maximum atomic E-state index is 13.9. The number of aromatic nitrogens is 5. The van der Waals surface area contributed by atoms with Gasteiger partial charge in [-0.1, -0.05) is 29.3 Å². The molecule has 0 aliphatic carbocycles. The van der Waals surface area contributed by atoms with E-state index in [4.69, 9.17) is 23.2 Å². The predicted octanol–water partition coefficient (Wildman–Crippen LogP) is 5.28. The number of rotatable bonds is 4. The van der Waals surface area contributed by atoms with Gasteiger partial charge in [0.15, 0.2) is 11.5 Å². The third-order valence-corrected chi connectivity index (χ3v) is 5.73. The molecular formula is C22H15Cl2FN6O. The fourth-order valence-corrected chi connectivity index (χ4v) is 4.05. The second-order valence-electron chi connectivity index (χ2n) is 7.23. The van der Waals surface area contributed by atoms with Crippen LogP contribution in [0.25, 0.3) is 27.6 Å². The molecule has 3 heterocycles. The smallest absolute Gasteiger partial charge is 0.263 e. The molecule has 2 N–H and O–H groups in total. The molecule has 0 saturated heterocycles. The fourth-order valence-electron chi connectivity index (χ4n) is 3.68. The molecule has 0 saturated carbocycles. The quantitative estimate of drug-likeness (QED) is 0.374. The van der Waals surface area contributed by atoms with Gasteiger partial charge in [-0.15, -0.1) is 0 Å². The summed E-state index contributed by atoms with van der Waals surface area (Å²) in [7, 11) is 0. The van der Waals surface area contributed by atoms with Crippen molar-refractivity contribution >= 4 is 51.0 Å². The van der Waals surface area contributed by atoms with E-state index in [0.29, 0.717) is 43.8 Å². The maximum Gasteiger partial charge on any atom is 0.263 e. The SMILES string of the molecule is C[C@@H](Nc1ncnc2nc[nH]c12)c1cc2ccc(F)cc2c(=O)n1-c1cc(Cl)ccc1Cl. The molecule has 10 heteroatoms. The number of fused-ring (bicyclic) bond motifs is 2. The van der Waals surface area contributed by atoms with Crippen molar-refractivity contribution in [2.24, 2.45) is 0 Å². The first kappa shape index (κ1) is 20.4. The molecule has 0 aliphatic rings. The largest absolute Gasteiger partial charge is 0.360 e. The van der Waals surface area contributed by atoms with Gasteiger partial charge in [-0.2, -0.15) is 0 Å². The van der Waals surface area contributed by atoms with Gasteiger partial charge in [-0.05, 0) is 48.7 Å². The average Bonchev–Trinajstić information content (AvgIpc) is 3.26. The van der Waals surface area contributed by atoms with Crippen LogP contribution in [0.4, 0.5) is 10.2 Å². The number of pyridine rings is 1. The molecular weight excluding hydrogens is 454 g/mol. The predicted molar refractivity (Wildman–Crippen MR) is 123 cm³/mol. The lowest BCUT2D eigenvalue weighted by Crippen LogP contribution is -2.26. The minimum Gasteiger partial charge on any atom is -0.360 e. The number of halogens is 3. The first-order valence-corrected chi connectivity index (χ1v) is 10.4. The molecule has 32 heavy (non-hydrogen) atoms. The summed E-state index contributed by atoms with van der Waals surface area (Å²) in [6, 6.07) is 10.4. The van der Waals surface area contributed by atoms with Crippen molar-refractivity contribution < 1.29 is 4.39 Å². The topological polar surface area (TPSA) is 88.5 Å². The Morgan fingerprint density at radius 2 is 1.94 bits per heavy atom. The van der Waals surface area contributed by atoms with E-state index >= 15 is 0 Å². The minimum atomic E-state index is -0.500. The number of benzene rings is 2. The van der Waals surface area contributed by atoms with Crippen molar-refractivity contribution in [3.63, 3.8) is 0 Å². The van der Waals surface area contributed by atoms with Crippen molar-refractivity contribution in [3.8, 4) is 5.69 Å². The number of nitrogens with zero attached hydrogens (tertiary/aromatic N) is 4. The third kappa shape index (κ3) is 3.47. The van der Waals surface area contributed by atoms with Crippen LogP contribution in [0.15, 0.2) is 59.9 Å². The number of imidazole rings is 1. The summed E-state index contributed by atoms with van der Waals surface area (Å²) in [5.74, 6) is 0.0234. The van der Waals surface area contributed by atoms with Crippen molar-refractivity contribution in [2.75, 3.05) is 5.32 Å². The van der Waals surface area contributed by atoms with Gasteiger partial charge in [0.1, 0.15) is 17.7 Å². The number of nitrogens with one attached hydrogen (secondary N) is 2. The Kier molecular flexibility index (Phi) is 5.03. The first-order valence-electron chi connectivity index (χ1n) is 9.63. The van der Waals surface area contributed by atoms with E-state index in [9.17, 15) is 9.18 Å². The summed E-state index contributed by atoms with van der Waals surface area (Å²) in [4.78, 5) is 29.1. The van der Waals surface area contributed by atoms with Crippen LogP contribution < -0.4 is 10.9 Å². The zero-order chi connectivity index (χ0) is 22.4. The van der Waals surface area contributed by atoms with Gasteiger partial charge in [0, 0.05) is 10.7 Å². The summed E-state index contributed by atoms with van der Waals surface area (Å²) < 4.78 is 15.4. The number of hydrogen-bond donors (Lipinski definition) is 2.